The van der Waals surface area contributed by atoms with Crippen LogP contribution in [0.4, 0.5) is 0 Å². The quantitative estimate of drug-likeness (QED) is 0.822. The Bertz CT molecular complexity index is 328. The monoisotopic (exact) mass is 222 g/mol. The molecule has 2 atom stereocenters. The molecule has 1 aromatic rings. The molecule has 1 fully saturated rings. The fraction of sp³-hybridized carbons (Fsp3) is 0.833. The minimum absolute atomic E-state index is 0.0311. The Morgan fingerprint density at radius 2 is 2.12 bits per heavy atom. The molecule has 0 bridgehead atoms. The van der Waals surface area contributed by atoms with Gasteiger partial charge in [0.15, 0.2) is 5.82 Å². The van der Waals surface area contributed by atoms with Gasteiger partial charge in [-0.15, -0.1) is 0 Å². The molecule has 0 radical (unpaired) electrons. The number of nitrogens with zero attached hydrogens (tertiary/aromatic N) is 2. The average Bonchev–Trinajstić information content (AvgIpc) is 2.96. The number of hydrogen-bond donors (Lipinski definition) is 2. The Morgan fingerprint density at radius 3 is 2.75 bits per heavy atom. The van der Waals surface area contributed by atoms with Crippen LogP contribution in [0.1, 0.15) is 69.6 Å². The minimum atomic E-state index is -0.0311. The van der Waals surface area contributed by atoms with Crippen LogP contribution < -0.4 is 5.73 Å². The Kier molecular flexibility index (Phi) is 3.59. The molecule has 0 spiro atoms. The van der Waals surface area contributed by atoms with E-state index in [9.17, 15) is 0 Å². The van der Waals surface area contributed by atoms with Crippen molar-refractivity contribution in [2.75, 3.05) is 0 Å². The zero-order valence-corrected chi connectivity index (χ0v) is 10.2. The standard InChI is InChI=1S/C12H22N4/c1-3-8(2)10(13)12-14-11(15-16-12)9-6-4-5-7-9/h8-10H,3-7,13H2,1-2H3,(H,14,15,16). The highest BCUT2D eigenvalue weighted by atomic mass is 15.2. The molecule has 0 aromatic carbocycles. The van der Waals surface area contributed by atoms with Crippen molar-refractivity contribution in [2.24, 2.45) is 11.7 Å². The van der Waals surface area contributed by atoms with Gasteiger partial charge in [-0.3, -0.25) is 5.10 Å². The van der Waals surface area contributed by atoms with Gasteiger partial charge in [0.25, 0.3) is 0 Å². The maximum Gasteiger partial charge on any atom is 0.167 e. The number of nitrogens with two attached hydrogens (primary N) is 1. The number of aromatic amines is 1. The van der Waals surface area contributed by atoms with Crippen LogP contribution in [0, 0.1) is 5.92 Å². The van der Waals surface area contributed by atoms with Crippen LogP contribution in [0.2, 0.25) is 0 Å². The predicted octanol–water partition coefficient (Wildman–Crippen LogP) is 2.51. The lowest BCUT2D eigenvalue weighted by molar-refractivity contribution is 0.439. The topological polar surface area (TPSA) is 67.6 Å². The van der Waals surface area contributed by atoms with E-state index in [1.165, 1.54) is 25.7 Å². The first-order valence-corrected chi connectivity index (χ1v) is 6.40. The highest BCUT2D eigenvalue weighted by molar-refractivity contribution is 5.03. The molecular formula is C12H22N4. The average molecular weight is 222 g/mol. The van der Waals surface area contributed by atoms with E-state index in [1.54, 1.807) is 0 Å². The summed E-state index contributed by atoms with van der Waals surface area (Å²) in [6.45, 7) is 4.30. The summed E-state index contributed by atoms with van der Waals surface area (Å²) in [5.41, 5.74) is 6.12. The molecule has 4 heteroatoms. The van der Waals surface area contributed by atoms with Crippen LogP contribution in [0.5, 0.6) is 0 Å². The lowest BCUT2D eigenvalue weighted by atomic mass is 10.00. The molecule has 16 heavy (non-hydrogen) atoms. The summed E-state index contributed by atoms with van der Waals surface area (Å²) in [6.07, 6.45) is 6.19. The maximum absolute atomic E-state index is 6.12. The second-order valence-electron chi connectivity index (χ2n) is 4.97. The van der Waals surface area contributed by atoms with E-state index >= 15 is 0 Å². The van der Waals surface area contributed by atoms with Crippen molar-refractivity contribution < 1.29 is 0 Å². The van der Waals surface area contributed by atoms with Crippen LogP contribution in [0.3, 0.4) is 0 Å². The molecule has 2 unspecified atom stereocenters. The van der Waals surface area contributed by atoms with E-state index in [4.69, 9.17) is 5.73 Å². The summed E-state index contributed by atoms with van der Waals surface area (Å²) in [4.78, 5) is 4.57. The third-order valence-electron chi connectivity index (χ3n) is 3.82. The zero-order chi connectivity index (χ0) is 11.5. The first-order valence-electron chi connectivity index (χ1n) is 6.40. The third-order valence-corrected chi connectivity index (χ3v) is 3.82. The van der Waals surface area contributed by atoms with E-state index in [2.05, 4.69) is 29.0 Å². The van der Waals surface area contributed by atoms with Crippen molar-refractivity contribution in [1.82, 2.24) is 15.2 Å². The molecule has 1 aliphatic carbocycles. The highest BCUT2D eigenvalue weighted by Gasteiger charge is 2.23. The van der Waals surface area contributed by atoms with Crippen molar-refractivity contribution in [2.45, 2.75) is 57.9 Å². The Balaban J connectivity index is 2.06. The zero-order valence-electron chi connectivity index (χ0n) is 10.2. The molecule has 3 N–H and O–H groups in total. The Hall–Kier alpha value is -0.900. The van der Waals surface area contributed by atoms with Gasteiger partial charge in [0.1, 0.15) is 5.82 Å². The van der Waals surface area contributed by atoms with E-state index < -0.39 is 0 Å². The molecule has 0 saturated heterocycles. The molecular weight excluding hydrogens is 200 g/mol. The number of rotatable bonds is 4. The van der Waals surface area contributed by atoms with Crippen molar-refractivity contribution >= 4 is 0 Å². The van der Waals surface area contributed by atoms with Crippen molar-refractivity contribution in [3.63, 3.8) is 0 Å². The molecule has 1 heterocycles. The van der Waals surface area contributed by atoms with E-state index in [0.29, 0.717) is 11.8 Å². The fourth-order valence-corrected chi connectivity index (χ4v) is 2.33. The molecule has 0 aliphatic heterocycles. The maximum atomic E-state index is 6.12. The summed E-state index contributed by atoms with van der Waals surface area (Å²) in [5, 5.41) is 7.34. The lowest BCUT2D eigenvalue weighted by Crippen LogP contribution is -2.20. The van der Waals surface area contributed by atoms with Crippen molar-refractivity contribution in [3.05, 3.63) is 11.6 Å². The third kappa shape index (κ3) is 2.26. The molecule has 4 nitrogen and oxygen atoms in total. The Morgan fingerprint density at radius 1 is 1.44 bits per heavy atom. The van der Waals surface area contributed by atoms with Crippen molar-refractivity contribution in [3.8, 4) is 0 Å². The van der Waals surface area contributed by atoms with Gasteiger partial charge < -0.3 is 5.73 Å². The smallest absolute Gasteiger partial charge is 0.167 e. The first-order chi connectivity index (χ1) is 7.72. The van der Waals surface area contributed by atoms with Gasteiger partial charge in [0.05, 0.1) is 6.04 Å². The highest BCUT2D eigenvalue weighted by Crippen LogP contribution is 2.32. The van der Waals surface area contributed by atoms with Gasteiger partial charge in [-0.25, -0.2) is 4.98 Å². The lowest BCUT2D eigenvalue weighted by Gasteiger charge is -2.14. The fourth-order valence-electron chi connectivity index (χ4n) is 2.33. The molecule has 1 saturated carbocycles. The molecule has 2 rings (SSSR count). The summed E-state index contributed by atoms with van der Waals surface area (Å²) in [6, 6.07) is -0.0311. The molecule has 0 amide bonds. The number of H-pyrrole nitrogens is 1. The largest absolute Gasteiger partial charge is 0.321 e. The van der Waals surface area contributed by atoms with E-state index in [-0.39, 0.29) is 6.04 Å². The van der Waals surface area contributed by atoms with E-state index in [1.807, 2.05) is 0 Å². The summed E-state index contributed by atoms with van der Waals surface area (Å²) in [5.74, 6) is 2.86. The Labute approximate surface area is 97.0 Å². The summed E-state index contributed by atoms with van der Waals surface area (Å²) < 4.78 is 0. The summed E-state index contributed by atoms with van der Waals surface area (Å²) >= 11 is 0. The van der Waals surface area contributed by atoms with Crippen LogP contribution in [0.25, 0.3) is 0 Å². The van der Waals surface area contributed by atoms with Gasteiger partial charge in [-0.1, -0.05) is 33.1 Å². The second-order valence-corrected chi connectivity index (χ2v) is 4.97. The molecule has 1 aromatic heterocycles. The van der Waals surface area contributed by atoms with E-state index in [0.717, 1.165) is 18.1 Å². The van der Waals surface area contributed by atoms with Gasteiger partial charge in [-0.2, -0.15) is 5.10 Å². The molecule has 1 aliphatic rings. The second kappa shape index (κ2) is 4.95. The minimum Gasteiger partial charge on any atom is -0.321 e. The first kappa shape index (κ1) is 11.6. The number of nitrogens with one attached hydrogen (secondary N) is 1. The predicted molar refractivity (Wildman–Crippen MR) is 64.0 cm³/mol. The van der Waals surface area contributed by atoms with Crippen LogP contribution in [-0.2, 0) is 0 Å². The van der Waals surface area contributed by atoms with Crippen LogP contribution in [-0.4, -0.2) is 15.2 Å². The van der Waals surface area contributed by atoms with Gasteiger partial charge in [0.2, 0.25) is 0 Å². The van der Waals surface area contributed by atoms with Crippen molar-refractivity contribution in [1.29, 1.82) is 0 Å². The SMILES string of the molecule is CCC(C)C(N)c1n[nH]c(C2CCCC2)n1. The summed E-state index contributed by atoms with van der Waals surface area (Å²) in [7, 11) is 0. The van der Waals surface area contributed by atoms with Gasteiger partial charge in [0, 0.05) is 5.92 Å². The number of hydrogen-bond acceptors (Lipinski definition) is 3. The van der Waals surface area contributed by atoms with Crippen LogP contribution >= 0.6 is 0 Å². The van der Waals surface area contributed by atoms with Crippen LogP contribution in [0.15, 0.2) is 0 Å². The normalized spacial score (nSPS) is 21.2. The molecule has 90 valence electrons. The van der Waals surface area contributed by atoms with Gasteiger partial charge >= 0.3 is 0 Å². The van der Waals surface area contributed by atoms with Gasteiger partial charge in [-0.05, 0) is 18.8 Å². The number of aromatic nitrogens is 3.